The number of hydrogen-bond donors (Lipinski definition) is 8. The molecule has 0 radical (unpaired) electrons. The number of hydrogen-bond acceptors (Lipinski definition) is 15. The van der Waals surface area contributed by atoms with Crippen LogP contribution in [0, 0.1) is 6.92 Å². The predicted octanol–water partition coefficient (Wildman–Crippen LogP) is 10.9. The molecule has 6 aliphatic rings. The number of aryl methyl sites for hydroxylation is 1. The number of carbonyl (C=O) groups is 3. The molecule has 8 aromatic carbocycles. The van der Waals surface area contributed by atoms with Gasteiger partial charge in [0, 0.05) is 98.6 Å². The SMILES string of the molecule is C=CC1=C(/C=C/NCP(=O)(O)O)Oc2cc(CP(=O)(O)O)ccc2C12OC(=O)c1ccccc12.CNc1ccc2c(c1)Oc1cc(C)ccc1C21OC(=O)c2ccccc21.Nc1ccc2c(c1)Oc1cc(N)ccc1C21OC(=O)c2ccccc21. The number of benzene rings is 8. The summed E-state index contributed by atoms with van der Waals surface area (Å²) in [7, 11) is -6.79. The second kappa shape index (κ2) is 20.9. The van der Waals surface area contributed by atoms with Gasteiger partial charge in [-0.15, -0.1) is 0 Å². The average Bonchev–Trinajstić information content (AvgIpc) is 1.70. The van der Waals surface area contributed by atoms with E-state index in [0.717, 1.165) is 50.4 Å². The van der Waals surface area contributed by atoms with Gasteiger partial charge in [0.1, 0.15) is 40.8 Å². The van der Waals surface area contributed by atoms with Gasteiger partial charge in [0.2, 0.25) is 0 Å². The summed E-state index contributed by atoms with van der Waals surface area (Å²) in [4.78, 5) is 74.9. The van der Waals surface area contributed by atoms with Gasteiger partial charge in [-0.25, -0.2) is 14.4 Å². The van der Waals surface area contributed by atoms with Gasteiger partial charge in [-0.3, -0.25) is 9.13 Å². The van der Waals surface area contributed by atoms with Crippen molar-refractivity contribution < 1.29 is 71.5 Å². The fraction of sp³-hybridized carbons (Fsp3) is 0.109. The lowest BCUT2D eigenvalue weighted by Gasteiger charge is -2.37. The molecule has 6 heterocycles. The van der Waals surface area contributed by atoms with E-state index < -0.39 is 50.4 Å². The van der Waals surface area contributed by atoms with Crippen molar-refractivity contribution >= 4 is 50.2 Å². The Hall–Kier alpha value is -9.71. The molecule has 14 rings (SSSR count). The minimum Gasteiger partial charge on any atom is -0.456 e. The summed E-state index contributed by atoms with van der Waals surface area (Å²) in [5.74, 6) is 1.67. The van der Waals surface area contributed by atoms with Crippen LogP contribution in [0.4, 0.5) is 17.1 Å². The molecule has 0 bridgehead atoms. The quantitative estimate of drug-likeness (QED) is 0.0303. The van der Waals surface area contributed by atoms with Gasteiger partial charge < -0.3 is 70.1 Å². The van der Waals surface area contributed by atoms with Crippen molar-refractivity contribution in [3.63, 3.8) is 0 Å². The Labute approximate surface area is 486 Å². The van der Waals surface area contributed by atoms with Crippen LogP contribution in [-0.2, 0) is 46.3 Å². The molecule has 0 aliphatic carbocycles. The van der Waals surface area contributed by atoms with E-state index in [9.17, 15) is 33.3 Å². The van der Waals surface area contributed by atoms with E-state index >= 15 is 0 Å². The number of nitrogens with one attached hydrogen (secondary N) is 2. The maximum atomic E-state index is 12.8. The van der Waals surface area contributed by atoms with Crippen molar-refractivity contribution in [2.75, 3.05) is 30.1 Å². The maximum Gasteiger partial charge on any atom is 0.344 e. The molecule has 428 valence electrons. The zero-order chi connectivity index (χ0) is 59.8. The number of anilines is 3. The number of nitrogen functional groups attached to an aromatic ring is 2. The Balaban J connectivity index is 0.000000127. The lowest BCUT2D eigenvalue weighted by Crippen LogP contribution is -2.35. The van der Waals surface area contributed by atoms with Crippen molar-refractivity contribution in [3.05, 3.63) is 272 Å². The Kier molecular flexibility index (Phi) is 13.7. The van der Waals surface area contributed by atoms with Crippen LogP contribution >= 0.6 is 15.2 Å². The number of fused-ring (bicyclic) bond motifs is 16. The fourth-order valence-electron chi connectivity index (χ4n) is 11.7. The molecule has 0 aromatic heterocycles. The number of esters is 3. The van der Waals surface area contributed by atoms with Gasteiger partial charge in [-0.05, 0) is 90.9 Å². The summed E-state index contributed by atoms with van der Waals surface area (Å²) in [6.45, 7) is 5.87. The van der Waals surface area contributed by atoms with E-state index in [4.69, 9.17) is 49.7 Å². The van der Waals surface area contributed by atoms with Crippen LogP contribution in [0.1, 0.15) is 86.7 Å². The minimum absolute atomic E-state index is 0.165. The second-order valence-corrected chi connectivity index (χ2v) is 23.9. The second-order valence-electron chi connectivity index (χ2n) is 20.6. The number of nitrogens with two attached hydrogens (primary N) is 2. The third-order valence-electron chi connectivity index (χ3n) is 15.2. The van der Waals surface area contributed by atoms with E-state index in [-0.39, 0.29) is 23.4 Å². The number of allylic oxidation sites excluding steroid dienone is 1. The van der Waals surface area contributed by atoms with Crippen molar-refractivity contribution in [1.82, 2.24) is 5.32 Å². The highest BCUT2D eigenvalue weighted by Gasteiger charge is 2.56. The van der Waals surface area contributed by atoms with Crippen LogP contribution in [0.5, 0.6) is 28.7 Å². The van der Waals surface area contributed by atoms with E-state index in [1.807, 2.05) is 105 Å². The molecule has 2 atom stereocenters. The molecule has 10 N–H and O–H groups in total. The highest BCUT2D eigenvalue weighted by Crippen LogP contribution is 2.59. The predicted molar refractivity (Wildman–Crippen MR) is 314 cm³/mol. The normalized spacial score (nSPS) is 18.4. The smallest absolute Gasteiger partial charge is 0.344 e. The Morgan fingerprint density at radius 2 is 0.953 bits per heavy atom. The highest BCUT2D eigenvalue weighted by molar-refractivity contribution is 7.51. The zero-order valence-corrected chi connectivity index (χ0v) is 47.1. The van der Waals surface area contributed by atoms with Crippen molar-refractivity contribution in [3.8, 4) is 28.7 Å². The van der Waals surface area contributed by atoms with Crippen molar-refractivity contribution in [1.29, 1.82) is 0 Å². The average molecular weight is 1180 g/mol. The summed E-state index contributed by atoms with van der Waals surface area (Å²) in [6.07, 6.45) is 3.03. The Bertz CT molecular complexity index is 4290. The van der Waals surface area contributed by atoms with Crippen LogP contribution in [0.25, 0.3) is 0 Å². The highest BCUT2D eigenvalue weighted by atomic mass is 31.2. The first-order chi connectivity index (χ1) is 40.7. The Morgan fingerprint density at radius 3 is 1.46 bits per heavy atom. The maximum absolute atomic E-state index is 12.8. The summed E-state index contributed by atoms with van der Waals surface area (Å²) in [5.41, 5.74) is 19.5. The lowest BCUT2D eigenvalue weighted by molar-refractivity contribution is 0.0209. The molecule has 3 spiro atoms. The van der Waals surface area contributed by atoms with E-state index in [0.29, 0.717) is 67.6 Å². The van der Waals surface area contributed by atoms with E-state index in [1.165, 1.54) is 30.5 Å². The topological polar surface area (TPSA) is 298 Å². The van der Waals surface area contributed by atoms with Crippen molar-refractivity contribution in [2.24, 2.45) is 0 Å². The van der Waals surface area contributed by atoms with Crippen molar-refractivity contribution in [2.45, 2.75) is 29.9 Å². The number of ether oxygens (including phenoxy) is 6. The largest absolute Gasteiger partial charge is 0.456 e. The van der Waals surface area contributed by atoms with Gasteiger partial charge >= 0.3 is 33.1 Å². The third-order valence-corrected chi connectivity index (χ3v) is 16.6. The summed E-state index contributed by atoms with van der Waals surface area (Å²) < 4.78 is 58.9. The molecule has 21 heteroatoms. The first-order valence-corrected chi connectivity index (χ1v) is 30.0. The van der Waals surface area contributed by atoms with Gasteiger partial charge in [0.15, 0.2) is 16.8 Å². The lowest BCUT2D eigenvalue weighted by atomic mass is 9.77. The van der Waals surface area contributed by atoms with E-state index in [1.54, 1.807) is 60.7 Å². The molecular formula is C64H52N4O15P2. The summed E-state index contributed by atoms with van der Waals surface area (Å²) >= 11 is 0. The van der Waals surface area contributed by atoms with Crippen LogP contribution in [0.15, 0.2) is 200 Å². The van der Waals surface area contributed by atoms with Gasteiger partial charge in [-0.1, -0.05) is 91.5 Å². The number of rotatable bonds is 8. The van der Waals surface area contributed by atoms with Crippen LogP contribution < -0.4 is 36.3 Å². The molecule has 8 aromatic rings. The standard InChI is InChI=1S/C22H21NO9P2.C22H17NO3.C20H14N2O3/c1-2-16-19(9-10-23-13-34(28,29)30)31-20-11-14(12-33(25,26)27)7-8-18(20)22(16)17-6-4-3-5-15(17)21(24)32-22;1-13-7-9-17-19(11-13)25-20-12-14(23-2)8-10-18(20)22(17)16-6-4-3-5-15(16)21(24)26-22;21-11-5-7-15-17(9-11)24-18-10-12(22)6-8-16(18)20(15)14-4-2-1-3-13(14)19(23)25-20/h2-11,23H,1,12-13H2,(H2,25,26,27)(H2,28,29,30);3-12,23H,1-2H3;1-10H,21-22H2/b10-9+;;. The van der Waals surface area contributed by atoms with Gasteiger partial charge in [0.05, 0.1) is 22.9 Å². The molecule has 19 nitrogen and oxygen atoms in total. The monoisotopic (exact) mass is 1180 g/mol. The van der Waals surface area contributed by atoms with Crippen LogP contribution in [-0.4, -0.2) is 50.8 Å². The van der Waals surface area contributed by atoms with Gasteiger partial charge in [0.25, 0.3) is 0 Å². The van der Waals surface area contributed by atoms with Crippen LogP contribution in [0.3, 0.4) is 0 Å². The summed E-state index contributed by atoms with van der Waals surface area (Å²) in [5, 5.41) is 5.62. The first kappa shape index (κ1) is 55.8. The molecule has 6 aliphatic heterocycles. The fourth-order valence-corrected chi connectivity index (χ4v) is 12.7. The zero-order valence-electron chi connectivity index (χ0n) is 45.3. The third kappa shape index (κ3) is 9.49. The first-order valence-electron chi connectivity index (χ1n) is 26.4. The molecule has 0 amide bonds. The number of carbonyl (C=O) groups excluding carboxylic acids is 3. The molecule has 0 fully saturated rings. The van der Waals surface area contributed by atoms with E-state index in [2.05, 4.69) is 17.2 Å². The molecule has 2 unspecified atom stereocenters. The minimum atomic E-state index is -4.36. The van der Waals surface area contributed by atoms with Gasteiger partial charge in [-0.2, -0.15) is 0 Å². The molecular weight excluding hydrogens is 1130 g/mol. The molecule has 85 heavy (non-hydrogen) atoms. The molecule has 0 saturated carbocycles. The summed E-state index contributed by atoms with van der Waals surface area (Å²) in [6, 6.07) is 49.0. The van der Waals surface area contributed by atoms with Crippen LogP contribution in [0.2, 0.25) is 0 Å². The Morgan fingerprint density at radius 1 is 0.518 bits per heavy atom. The molecule has 0 saturated heterocycles.